The van der Waals surface area contributed by atoms with E-state index in [1.807, 2.05) is 0 Å². The lowest BCUT2D eigenvalue weighted by atomic mass is 10.1. The van der Waals surface area contributed by atoms with Crippen molar-refractivity contribution in [3.05, 3.63) is 83.8 Å². The van der Waals surface area contributed by atoms with Crippen LogP contribution >= 0.6 is 0 Å². The first kappa shape index (κ1) is 19.8. The van der Waals surface area contributed by atoms with Crippen LogP contribution < -0.4 is 15.8 Å². The lowest BCUT2D eigenvalue weighted by Gasteiger charge is -2.08. The SMILES string of the molecule is Cc1noc(-c2ccc(C(=O)Nc3ccc(Oc4cccc(C(N)=O)c4)nc3)cc2)n1. The van der Waals surface area contributed by atoms with Crippen LogP contribution in [-0.4, -0.2) is 26.9 Å². The summed E-state index contributed by atoms with van der Waals surface area (Å²) in [5.74, 6) is 0.827. The van der Waals surface area contributed by atoms with Crippen LogP contribution in [0.15, 0.2) is 71.4 Å². The van der Waals surface area contributed by atoms with E-state index in [1.54, 1.807) is 61.5 Å². The number of rotatable bonds is 6. The number of pyridine rings is 1. The molecule has 2 heterocycles. The van der Waals surface area contributed by atoms with Crippen molar-refractivity contribution in [2.75, 3.05) is 5.32 Å². The van der Waals surface area contributed by atoms with Gasteiger partial charge in [0.1, 0.15) is 5.75 Å². The maximum atomic E-state index is 12.5. The third-order valence-electron chi connectivity index (χ3n) is 4.26. The van der Waals surface area contributed by atoms with E-state index < -0.39 is 5.91 Å². The number of benzene rings is 2. The van der Waals surface area contributed by atoms with E-state index >= 15 is 0 Å². The number of hydrogen-bond donors (Lipinski definition) is 2. The first-order valence-corrected chi connectivity index (χ1v) is 9.24. The predicted molar refractivity (Wildman–Crippen MR) is 112 cm³/mol. The minimum Gasteiger partial charge on any atom is -0.439 e. The number of anilines is 1. The van der Waals surface area contributed by atoms with Crippen LogP contribution in [0.25, 0.3) is 11.5 Å². The van der Waals surface area contributed by atoms with E-state index in [1.165, 1.54) is 12.3 Å². The molecule has 0 aliphatic rings. The molecule has 0 unspecified atom stereocenters. The normalized spacial score (nSPS) is 10.5. The number of carbonyl (C=O) groups is 2. The number of nitrogens with one attached hydrogen (secondary N) is 1. The van der Waals surface area contributed by atoms with Gasteiger partial charge in [0.05, 0.1) is 11.9 Å². The highest BCUT2D eigenvalue weighted by molar-refractivity contribution is 6.04. The topological polar surface area (TPSA) is 133 Å². The molecule has 154 valence electrons. The van der Waals surface area contributed by atoms with Gasteiger partial charge in [-0.25, -0.2) is 4.98 Å². The lowest BCUT2D eigenvalue weighted by Crippen LogP contribution is -2.12. The summed E-state index contributed by atoms with van der Waals surface area (Å²) < 4.78 is 10.7. The maximum absolute atomic E-state index is 12.5. The van der Waals surface area contributed by atoms with Crippen LogP contribution in [0.3, 0.4) is 0 Å². The molecule has 2 amide bonds. The van der Waals surface area contributed by atoms with E-state index in [0.717, 1.165) is 5.56 Å². The lowest BCUT2D eigenvalue weighted by molar-refractivity contribution is 0.0997. The molecule has 2 aromatic heterocycles. The van der Waals surface area contributed by atoms with Gasteiger partial charge in [-0.2, -0.15) is 4.98 Å². The van der Waals surface area contributed by atoms with E-state index in [2.05, 4.69) is 20.4 Å². The van der Waals surface area contributed by atoms with Crippen LogP contribution in [0, 0.1) is 6.92 Å². The van der Waals surface area contributed by atoms with Gasteiger partial charge >= 0.3 is 0 Å². The molecule has 3 N–H and O–H groups in total. The van der Waals surface area contributed by atoms with Crippen molar-refractivity contribution in [3.63, 3.8) is 0 Å². The summed E-state index contributed by atoms with van der Waals surface area (Å²) in [5, 5.41) is 6.52. The maximum Gasteiger partial charge on any atom is 0.257 e. The molecule has 0 saturated heterocycles. The molecule has 4 aromatic rings. The molecule has 9 nitrogen and oxygen atoms in total. The minimum absolute atomic E-state index is 0.294. The molecule has 9 heteroatoms. The summed E-state index contributed by atoms with van der Waals surface area (Å²) in [4.78, 5) is 32.1. The fourth-order valence-corrected chi connectivity index (χ4v) is 2.73. The number of hydrogen-bond acceptors (Lipinski definition) is 7. The van der Waals surface area contributed by atoms with Gasteiger partial charge < -0.3 is 20.3 Å². The second-order valence-electron chi connectivity index (χ2n) is 6.56. The summed E-state index contributed by atoms with van der Waals surface area (Å²) in [7, 11) is 0. The molecule has 0 aliphatic heterocycles. The number of aryl methyl sites for hydroxylation is 1. The van der Waals surface area contributed by atoms with Gasteiger partial charge in [-0.05, 0) is 55.5 Å². The molecular weight excluding hydrogens is 398 g/mol. The Kier molecular flexibility index (Phi) is 5.39. The van der Waals surface area contributed by atoms with E-state index in [-0.39, 0.29) is 5.91 Å². The summed E-state index contributed by atoms with van der Waals surface area (Å²) in [6.45, 7) is 1.73. The molecule has 0 atom stereocenters. The first-order chi connectivity index (χ1) is 15.0. The van der Waals surface area contributed by atoms with Crippen LogP contribution in [0.1, 0.15) is 26.5 Å². The zero-order valence-corrected chi connectivity index (χ0v) is 16.4. The van der Waals surface area contributed by atoms with Gasteiger partial charge in [-0.3, -0.25) is 9.59 Å². The smallest absolute Gasteiger partial charge is 0.257 e. The van der Waals surface area contributed by atoms with Gasteiger partial charge in [0.2, 0.25) is 11.8 Å². The van der Waals surface area contributed by atoms with Crippen molar-refractivity contribution < 1.29 is 18.8 Å². The highest BCUT2D eigenvalue weighted by Gasteiger charge is 2.10. The largest absolute Gasteiger partial charge is 0.439 e. The molecule has 0 radical (unpaired) electrons. The van der Waals surface area contributed by atoms with Gasteiger partial charge in [0, 0.05) is 22.8 Å². The van der Waals surface area contributed by atoms with E-state index in [9.17, 15) is 9.59 Å². The summed E-state index contributed by atoms with van der Waals surface area (Å²) in [6.07, 6.45) is 1.47. The van der Waals surface area contributed by atoms with Crippen molar-refractivity contribution in [2.45, 2.75) is 6.92 Å². The van der Waals surface area contributed by atoms with Crippen molar-refractivity contribution in [2.24, 2.45) is 5.73 Å². The quantitative estimate of drug-likeness (QED) is 0.491. The summed E-state index contributed by atoms with van der Waals surface area (Å²) in [5.41, 5.74) is 7.29. The number of ether oxygens (including phenoxy) is 1. The van der Waals surface area contributed by atoms with Crippen LogP contribution in [0.4, 0.5) is 5.69 Å². The average molecular weight is 415 g/mol. The van der Waals surface area contributed by atoms with Crippen LogP contribution in [0.2, 0.25) is 0 Å². The van der Waals surface area contributed by atoms with Gasteiger partial charge in [0.25, 0.3) is 11.8 Å². The van der Waals surface area contributed by atoms with Crippen LogP contribution in [0.5, 0.6) is 11.6 Å². The Morgan fingerprint density at radius 1 is 1.03 bits per heavy atom. The second kappa shape index (κ2) is 8.46. The van der Waals surface area contributed by atoms with Crippen LogP contribution in [-0.2, 0) is 0 Å². The Labute approximate surface area is 176 Å². The summed E-state index contributed by atoms with van der Waals surface area (Å²) >= 11 is 0. The highest BCUT2D eigenvalue weighted by atomic mass is 16.5. The Morgan fingerprint density at radius 3 is 2.48 bits per heavy atom. The highest BCUT2D eigenvalue weighted by Crippen LogP contribution is 2.22. The van der Waals surface area contributed by atoms with Gasteiger partial charge in [-0.15, -0.1) is 0 Å². The fraction of sp³-hybridized carbons (Fsp3) is 0.0455. The number of carbonyl (C=O) groups excluding carboxylic acids is 2. The predicted octanol–water partition coefficient (Wildman–Crippen LogP) is 3.58. The van der Waals surface area contributed by atoms with Gasteiger partial charge in [0.15, 0.2) is 5.82 Å². The monoisotopic (exact) mass is 415 g/mol. The number of amides is 2. The number of nitrogens with zero attached hydrogens (tertiary/aromatic N) is 3. The fourth-order valence-electron chi connectivity index (χ4n) is 2.73. The molecule has 4 rings (SSSR count). The third kappa shape index (κ3) is 4.73. The summed E-state index contributed by atoms with van der Waals surface area (Å²) in [6, 6.07) is 16.5. The molecule has 31 heavy (non-hydrogen) atoms. The standard InChI is InChI=1S/C22H17N5O4/c1-13-25-22(31-27-13)15-7-5-14(6-8-15)21(29)26-17-9-10-19(24-12-17)30-18-4-2-3-16(11-18)20(23)28/h2-12H,1H3,(H2,23,28)(H,26,29). The van der Waals surface area contributed by atoms with E-state index in [0.29, 0.717) is 40.2 Å². The number of primary amides is 1. The van der Waals surface area contributed by atoms with Crippen molar-refractivity contribution in [1.82, 2.24) is 15.1 Å². The molecule has 0 spiro atoms. The first-order valence-electron chi connectivity index (χ1n) is 9.24. The Hall–Kier alpha value is -4.53. The van der Waals surface area contributed by atoms with Crippen molar-refractivity contribution in [1.29, 1.82) is 0 Å². The average Bonchev–Trinajstić information content (AvgIpc) is 3.22. The molecule has 0 aliphatic carbocycles. The Bertz CT molecular complexity index is 1230. The second-order valence-corrected chi connectivity index (χ2v) is 6.56. The molecule has 0 saturated carbocycles. The third-order valence-corrected chi connectivity index (χ3v) is 4.26. The van der Waals surface area contributed by atoms with Crippen molar-refractivity contribution >= 4 is 17.5 Å². The number of aromatic nitrogens is 3. The molecular formula is C22H17N5O4. The zero-order valence-electron chi connectivity index (χ0n) is 16.4. The van der Waals surface area contributed by atoms with Crippen molar-refractivity contribution in [3.8, 4) is 23.1 Å². The molecule has 0 bridgehead atoms. The molecule has 0 fully saturated rings. The number of nitrogens with two attached hydrogens (primary N) is 1. The minimum atomic E-state index is -0.545. The molecule has 2 aromatic carbocycles. The zero-order chi connectivity index (χ0) is 21.8. The van der Waals surface area contributed by atoms with E-state index in [4.69, 9.17) is 15.0 Å². The van der Waals surface area contributed by atoms with Gasteiger partial charge in [-0.1, -0.05) is 11.2 Å². The Morgan fingerprint density at radius 2 is 1.84 bits per heavy atom. The Balaban J connectivity index is 1.40.